The molecule has 1 saturated heterocycles. The van der Waals surface area contributed by atoms with Gasteiger partial charge in [-0.15, -0.1) is 0 Å². The van der Waals surface area contributed by atoms with Crippen LogP contribution in [-0.4, -0.2) is 70.7 Å². The molecule has 1 aliphatic rings. The van der Waals surface area contributed by atoms with E-state index in [-0.39, 0.29) is 5.82 Å². The third kappa shape index (κ3) is 3.79. The summed E-state index contributed by atoms with van der Waals surface area (Å²) in [7, 11) is 0. The van der Waals surface area contributed by atoms with E-state index in [1.165, 1.54) is 22.7 Å². The molecule has 6 N–H and O–H groups in total. The Morgan fingerprint density at radius 2 is 2.12 bits per heavy atom. The number of imidazole rings is 1. The summed E-state index contributed by atoms with van der Waals surface area (Å²) < 4.78 is 11.7. The average Bonchev–Trinajstić information content (AvgIpc) is 3.08. The van der Waals surface area contributed by atoms with E-state index < -0.39 is 37.9 Å². The minimum absolute atomic E-state index is 0.183. The summed E-state index contributed by atoms with van der Waals surface area (Å²) in [5.74, 6) is 0.183. The highest BCUT2D eigenvalue weighted by molar-refractivity contribution is 8.06. The molecule has 0 amide bonds. The van der Waals surface area contributed by atoms with Crippen LogP contribution in [0.3, 0.4) is 0 Å². The van der Waals surface area contributed by atoms with Gasteiger partial charge in [0.15, 0.2) is 22.8 Å². The normalized spacial score (nSPS) is 27.2. The molecule has 14 heteroatoms. The quantitative estimate of drug-likeness (QED) is 0.232. The zero-order chi connectivity index (χ0) is 18.4. The van der Waals surface area contributed by atoms with E-state index in [2.05, 4.69) is 26.8 Å². The number of anilines is 1. The first-order valence-corrected chi connectivity index (χ1v) is 10.8. The van der Waals surface area contributed by atoms with Crippen molar-refractivity contribution in [1.82, 2.24) is 19.5 Å². The SMILES string of the molecule is CSc1nc(N)c2ncn([C@@H]3O[C@H](COP(O)(O)=S)[C@@H](O)[C@H]3O)c2n1. The van der Waals surface area contributed by atoms with Gasteiger partial charge in [0.2, 0.25) is 0 Å². The lowest BCUT2D eigenvalue weighted by molar-refractivity contribution is -0.0487. The predicted molar refractivity (Wildman–Crippen MR) is 92.1 cm³/mol. The van der Waals surface area contributed by atoms with Gasteiger partial charge < -0.3 is 35.0 Å². The van der Waals surface area contributed by atoms with Crippen LogP contribution in [0.15, 0.2) is 11.5 Å². The van der Waals surface area contributed by atoms with Crippen LogP contribution in [0.2, 0.25) is 0 Å². The van der Waals surface area contributed by atoms with Crippen LogP contribution in [0.1, 0.15) is 6.23 Å². The van der Waals surface area contributed by atoms with Gasteiger partial charge in [-0.3, -0.25) is 4.57 Å². The van der Waals surface area contributed by atoms with Gasteiger partial charge in [0.05, 0.1) is 12.9 Å². The second kappa shape index (κ2) is 7.02. The fourth-order valence-corrected chi connectivity index (χ4v) is 3.35. The lowest BCUT2D eigenvalue weighted by Gasteiger charge is -2.17. The standard InChI is InChI=1S/C11H16N5O6PS2/c1-25-11-14-8(12)5-9(15-11)16(3-13-5)10-7(18)6(17)4(22-10)2-21-23(19,20)24/h3-4,6-7,10,17-18H,2H2,1H3,(H2,12,14,15)(H2,19,20,24)/t4-,6-,7-,10-/m1/s1. The molecule has 0 radical (unpaired) electrons. The van der Waals surface area contributed by atoms with Crippen molar-refractivity contribution in [3.63, 3.8) is 0 Å². The molecule has 0 bridgehead atoms. The van der Waals surface area contributed by atoms with Crippen molar-refractivity contribution in [3.8, 4) is 0 Å². The molecule has 0 saturated carbocycles. The highest BCUT2D eigenvalue weighted by Crippen LogP contribution is 2.39. The number of ether oxygens (including phenoxy) is 1. The molecule has 2 aromatic heterocycles. The van der Waals surface area contributed by atoms with Crippen molar-refractivity contribution in [2.75, 3.05) is 18.6 Å². The molecular weight excluding hydrogens is 393 g/mol. The third-order valence-electron chi connectivity index (χ3n) is 3.63. The fourth-order valence-electron chi connectivity index (χ4n) is 2.46. The zero-order valence-electron chi connectivity index (χ0n) is 12.8. The van der Waals surface area contributed by atoms with Crippen molar-refractivity contribution in [2.45, 2.75) is 29.7 Å². The second-order valence-corrected chi connectivity index (χ2v) is 8.69. The van der Waals surface area contributed by atoms with Crippen LogP contribution in [-0.2, 0) is 21.1 Å². The molecule has 1 fully saturated rings. The molecule has 0 unspecified atom stereocenters. The minimum atomic E-state index is -3.90. The number of rotatable bonds is 5. The number of hydrogen-bond acceptors (Lipinski definition) is 10. The Labute approximate surface area is 151 Å². The first-order valence-electron chi connectivity index (χ1n) is 6.97. The van der Waals surface area contributed by atoms with Crippen LogP contribution in [0, 0.1) is 0 Å². The maximum Gasteiger partial charge on any atom is 0.321 e. The van der Waals surface area contributed by atoms with Gasteiger partial charge >= 0.3 is 6.72 Å². The second-order valence-electron chi connectivity index (χ2n) is 5.25. The van der Waals surface area contributed by atoms with Gasteiger partial charge in [0.1, 0.15) is 23.8 Å². The van der Waals surface area contributed by atoms with Crippen molar-refractivity contribution >= 4 is 47.3 Å². The van der Waals surface area contributed by atoms with Crippen molar-refractivity contribution in [3.05, 3.63) is 6.33 Å². The Morgan fingerprint density at radius 1 is 1.40 bits per heavy atom. The molecule has 3 heterocycles. The van der Waals surface area contributed by atoms with Crippen LogP contribution < -0.4 is 5.73 Å². The molecule has 0 spiro atoms. The Kier molecular flexibility index (Phi) is 5.31. The first-order chi connectivity index (χ1) is 11.7. The lowest BCUT2D eigenvalue weighted by Crippen LogP contribution is -2.33. The number of fused-ring (bicyclic) bond motifs is 1. The summed E-state index contributed by atoms with van der Waals surface area (Å²) in [6.07, 6.45) is -1.54. The molecule has 3 rings (SSSR count). The van der Waals surface area contributed by atoms with Gasteiger partial charge in [-0.05, 0) is 18.1 Å². The lowest BCUT2D eigenvalue weighted by atomic mass is 10.1. The van der Waals surface area contributed by atoms with Crippen molar-refractivity contribution in [1.29, 1.82) is 0 Å². The maximum atomic E-state index is 10.3. The van der Waals surface area contributed by atoms with E-state index in [4.69, 9.17) is 24.8 Å². The summed E-state index contributed by atoms with van der Waals surface area (Å²) in [6.45, 7) is -4.29. The van der Waals surface area contributed by atoms with E-state index in [0.29, 0.717) is 16.3 Å². The zero-order valence-corrected chi connectivity index (χ0v) is 15.4. The summed E-state index contributed by atoms with van der Waals surface area (Å²) in [5.41, 5.74) is 6.53. The average molecular weight is 409 g/mol. The predicted octanol–water partition coefficient (Wildman–Crippen LogP) is -1.02. The van der Waals surface area contributed by atoms with E-state index >= 15 is 0 Å². The number of nitrogens with zero attached hydrogens (tertiary/aromatic N) is 4. The third-order valence-corrected chi connectivity index (χ3v) is 4.98. The number of aliphatic hydroxyl groups is 2. The highest BCUT2D eigenvalue weighted by Gasteiger charge is 2.45. The fraction of sp³-hybridized carbons (Fsp3) is 0.545. The topological polar surface area (TPSA) is 169 Å². The highest BCUT2D eigenvalue weighted by atomic mass is 32.5. The summed E-state index contributed by atoms with van der Waals surface area (Å²) >= 11 is 5.64. The smallest absolute Gasteiger partial charge is 0.321 e. The molecule has 0 aromatic carbocycles. The van der Waals surface area contributed by atoms with Gasteiger partial charge in [0.25, 0.3) is 0 Å². The molecular formula is C11H16N5O6PS2. The molecule has 1 aliphatic heterocycles. The van der Waals surface area contributed by atoms with Gasteiger partial charge in [-0.2, -0.15) is 0 Å². The van der Waals surface area contributed by atoms with Crippen molar-refractivity contribution < 1.29 is 29.3 Å². The number of thioether (sulfide) groups is 1. The Balaban J connectivity index is 1.90. The van der Waals surface area contributed by atoms with E-state index in [9.17, 15) is 10.2 Å². The van der Waals surface area contributed by atoms with Crippen molar-refractivity contribution in [2.24, 2.45) is 0 Å². The van der Waals surface area contributed by atoms with Crippen LogP contribution in [0.25, 0.3) is 11.2 Å². The van der Waals surface area contributed by atoms with Gasteiger partial charge in [0, 0.05) is 0 Å². The van der Waals surface area contributed by atoms with E-state index in [0.717, 1.165) is 0 Å². The van der Waals surface area contributed by atoms with Crippen LogP contribution >= 0.6 is 18.5 Å². The molecule has 4 atom stereocenters. The summed E-state index contributed by atoms with van der Waals surface area (Å²) in [6, 6.07) is 0. The van der Waals surface area contributed by atoms with Crippen LogP contribution in [0.4, 0.5) is 5.82 Å². The Morgan fingerprint density at radius 3 is 2.76 bits per heavy atom. The number of nitrogens with two attached hydrogens (primary N) is 1. The molecule has 138 valence electrons. The largest absolute Gasteiger partial charge is 0.387 e. The molecule has 0 aliphatic carbocycles. The maximum absolute atomic E-state index is 10.3. The first kappa shape index (κ1) is 18.9. The number of hydrogen-bond donors (Lipinski definition) is 5. The molecule has 25 heavy (non-hydrogen) atoms. The number of nitrogen functional groups attached to an aromatic ring is 1. The summed E-state index contributed by atoms with van der Waals surface area (Å²) in [4.78, 5) is 30.7. The monoisotopic (exact) mass is 409 g/mol. The Bertz CT molecular complexity index is 831. The van der Waals surface area contributed by atoms with Gasteiger partial charge in [-0.25, -0.2) is 15.0 Å². The van der Waals surface area contributed by atoms with Crippen LogP contribution in [0.5, 0.6) is 0 Å². The molecule has 11 nitrogen and oxygen atoms in total. The van der Waals surface area contributed by atoms with E-state index in [1.54, 1.807) is 6.26 Å². The summed E-state index contributed by atoms with van der Waals surface area (Å²) in [5, 5.41) is 20.8. The van der Waals surface area contributed by atoms with Gasteiger partial charge in [-0.1, -0.05) is 11.8 Å². The van der Waals surface area contributed by atoms with E-state index in [1.807, 2.05) is 0 Å². The minimum Gasteiger partial charge on any atom is -0.387 e. The Hall–Kier alpha value is -0.890. The molecule has 2 aromatic rings. The number of aromatic nitrogens is 4. The number of aliphatic hydroxyl groups excluding tert-OH is 2.